The van der Waals surface area contributed by atoms with Gasteiger partial charge in [0, 0.05) is 22.9 Å². The first-order valence-electron chi connectivity index (χ1n) is 9.41. The standard InChI is InChI=1S/C21H17F5N4O3S/c1-10-7-13(9-15(22)17(10)23)33-20-16(11(2)18(29-30-20)21(24,25)26)19(31)28-12-5-4-6-14(8-12)34(3,27)32/h4-9,27H,1-3H3,(H,28,31). The number of aromatic nitrogens is 2. The first kappa shape index (κ1) is 25.0. The summed E-state index contributed by atoms with van der Waals surface area (Å²) in [7, 11) is -3.13. The average molecular weight is 500 g/mol. The minimum atomic E-state index is -4.94. The number of rotatable bonds is 5. The van der Waals surface area contributed by atoms with Gasteiger partial charge in [-0.1, -0.05) is 6.07 Å². The summed E-state index contributed by atoms with van der Waals surface area (Å²) >= 11 is 0. The minimum absolute atomic E-state index is 0.0451. The van der Waals surface area contributed by atoms with E-state index in [0.29, 0.717) is 6.07 Å². The normalized spacial score (nSPS) is 13.3. The molecule has 1 unspecified atom stereocenters. The smallest absolute Gasteiger partial charge is 0.435 e. The molecule has 0 aliphatic carbocycles. The molecule has 3 rings (SSSR count). The Morgan fingerprint density at radius 1 is 1.12 bits per heavy atom. The number of benzene rings is 2. The van der Waals surface area contributed by atoms with Crippen LogP contribution in [-0.2, 0) is 15.9 Å². The van der Waals surface area contributed by atoms with Gasteiger partial charge in [0.15, 0.2) is 17.3 Å². The van der Waals surface area contributed by atoms with Gasteiger partial charge in [-0.2, -0.15) is 13.2 Å². The summed E-state index contributed by atoms with van der Waals surface area (Å²) in [4.78, 5) is 13.1. The molecule has 0 saturated heterocycles. The molecule has 2 aromatic carbocycles. The number of hydrogen-bond acceptors (Lipinski definition) is 6. The fraction of sp³-hybridized carbons (Fsp3) is 0.190. The molecular weight excluding hydrogens is 483 g/mol. The summed E-state index contributed by atoms with van der Waals surface area (Å²) in [5, 5.41) is 8.80. The number of aryl methyl sites for hydroxylation is 1. The molecule has 7 nitrogen and oxygen atoms in total. The minimum Gasteiger partial charge on any atom is -0.437 e. The second-order valence-corrected chi connectivity index (χ2v) is 9.47. The van der Waals surface area contributed by atoms with Crippen molar-refractivity contribution in [3.05, 3.63) is 70.4 Å². The van der Waals surface area contributed by atoms with Crippen LogP contribution in [0.1, 0.15) is 27.2 Å². The van der Waals surface area contributed by atoms with Gasteiger partial charge < -0.3 is 10.1 Å². The Kier molecular flexibility index (Phi) is 6.60. The van der Waals surface area contributed by atoms with E-state index in [0.717, 1.165) is 19.2 Å². The number of hydrogen-bond donors (Lipinski definition) is 2. The fourth-order valence-electron chi connectivity index (χ4n) is 2.98. The highest BCUT2D eigenvalue weighted by atomic mass is 32.2. The molecule has 1 aromatic heterocycles. The van der Waals surface area contributed by atoms with Crippen LogP contribution in [0.25, 0.3) is 0 Å². The zero-order valence-electron chi connectivity index (χ0n) is 17.9. The van der Waals surface area contributed by atoms with E-state index in [1.807, 2.05) is 0 Å². The van der Waals surface area contributed by atoms with E-state index in [1.165, 1.54) is 31.2 Å². The number of anilines is 1. The SMILES string of the molecule is Cc1cc(Oc2nnc(C(F)(F)F)c(C)c2C(=O)Nc2cccc(S(C)(=N)=O)c2)cc(F)c1F. The van der Waals surface area contributed by atoms with Crippen LogP contribution in [0.15, 0.2) is 41.3 Å². The van der Waals surface area contributed by atoms with E-state index in [2.05, 4.69) is 15.5 Å². The van der Waals surface area contributed by atoms with Crippen molar-refractivity contribution >= 4 is 21.3 Å². The van der Waals surface area contributed by atoms with Crippen LogP contribution in [0.2, 0.25) is 0 Å². The molecular formula is C21H17F5N4O3S. The van der Waals surface area contributed by atoms with E-state index >= 15 is 0 Å². The number of carbonyl (C=O) groups is 1. The van der Waals surface area contributed by atoms with Gasteiger partial charge in [0.2, 0.25) is 0 Å². The molecule has 0 saturated carbocycles. The highest BCUT2D eigenvalue weighted by Crippen LogP contribution is 2.35. The largest absolute Gasteiger partial charge is 0.437 e. The number of ether oxygens (including phenoxy) is 1. The van der Waals surface area contributed by atoms with Crippen LogP contribution in [0.5, 0.6) is 11.6 Å². The molecule has 0 aliphatic heterocycles. The lowest BCUT2D eigenvalue weighted by molar-refractivity contribution is -0.142. The maximum atomic E-state index is 13.8. The molecule has 1 atom stereocenters. The number of amides is 1. The summed E-state index contributed by atoms with van der Waals surface area (Å²) in [6.45, 7) is 2.22. The monoisotopic (exact) mass is 500 g/mol. The first-order chi connectivity index (χ1) is 15.7. The van der Waals surface area contributed by atoms with Gasteiger partial charge in [-0.15, -0.1) is 10.2 Å². The Labute approximate surface area is 190 Å². The molecule has 180 valence electrons. The summed E-state index contributed by atoms with van der Waals surface area (Å²) in [6, 6.07) is 7.13. The van der Waals surface area contributed by atoms with Crippen molar-refractivity contribution in [1.29, 1.82) is 4.78 Å². The second kappa shape index (κ2) is 8.97. The highest BCUT2D eigenvalue weighted by Gasteiger charge is 2.38. The predicted octanol–water partition coefficient (Wildman–Crippen LogP) is 5.47. The topological polar surface area (TPSA) is 105 Å². The van der Waals surface area contributed by atoms with Gasteiger partial charge in [-0.05, 0) is 49.2 Å². The lowest BCUT2D eigenvalue weighted by Crippen LogP contribution is -2.21. The third kappa shape index (κ3) is 5.30. The van der Waals surface area contributed by atoms with E-state index in [9.17, 15) is 31.0 Å². The van der Waals surface area contributed by atoms with Crippen LogP contribution < -0.4 is 10.1 Å². The average Bonchev–Trinajstić information content (AvgIpc) is 2.70. The van der Waals surface area contributed by atoms with Crippen molar-refractivity contribution < 1.29 is 35.7 Å². The summed E-state index contributed by atoms with van der Waals surface area (Å²) in [6.07, 6.45) is -3.78. The Morgan fingerprint density at radius 2 is 1.79 bits per heavy atom. The third-order valence-corrected chi connectivity index (χ3v) is 5.77. The zero-order valence-corrected chi connectivity index (χ0v) is 18.7. The second-order valence-electron chi connectivity index (χ2n) is 7.32. The van der Waals surface area contributed by atoms with Crippen molar-refractivity contribution in [2.75, 3.05) is 11.6 Å². The molecule has 0 spiro atoms. The summed E-state index contributed by atoms with van der Waals surface area (Å²) < 4.78 is 92.5. The van der Waals surface area contributed by atoms with Crippen LogP contribution in [0.4, 0.5) is 27.6 Å². The van der Waals surface area contributed by atoms with E-state index in [1.54, 1.807) is 0 Å². The number of nitrogens with one attached hydrogen (secondary N) is 2. The lowest BCUT2D eigenvalue weighted by Gasteiger charge is -2.16. The van der Waals surface area contributed by atoms with Crippen LogP contribution >= 0.6 is 0 Å². The van der Waals surface area contributed by atoms with Gasteiger partial charge in [0.25, 0.3) is 11.8 Å². The van der Waals surface area contributed by atoms with Gasteiger partial charge in [0.1, 0.15) is 11.3 Å². The molecule has 2 N–H and O–H groups in total. The molecule has 34 heavy (non-hydrogen) atoms. The Bertz CT molecular complexity index is 1370. The highest BCUT2D eigenvalue weighted by molar-refractivity contribution is 7.91. The predicted molar refractivity (Wildman–Crippen MR) is 112 cm³/mol. The van der Waals surface area contributed by atoms with Crippen molar-refractivity contribution in [3.8, 4) is 11.6 Å². The molecule has 0 fully saturated rings. The molecule has 1 amide bonds. The Balaban J connectivity index is 2.09. The third-order valence-electron chi connectivity index (χ3n) is 4.62. The van der Waals surface area contributed by atoms with Crippen LogP contribution in [0, 0.1) is 30.3 Å². The number of halogens is 5. The molecule has 0 radical (unpaired) electrons. The van der Waals surface area contributed by atoms with Crippen molar-refractivity contribution in [3.63, 3.8) is 0 Å². The number of nitrogens with zero attached hydrogens (tertiary/aromatic N) is 2. The van der Waals surface area contributed by atoms with Crippen molar-refractivity contribution in [2.24, 2.45) is 0 Å². The number of carbonyl (C=O) groups excluding carboxylic acids is 1. The summed E-state index contributed by atoms with van der Waals surface area (Å²) in [5.41, 5.74) is -2.82. The van der Waals surface area contributed by atoms with E-state index in [4.69, 9.17) is 9.52 Å². The molecule has 13 heteroatoms. The first-order valence-corrected chi connectivity index (χ1v) is 11.4. The van der Waals surface area contributed by atoms with E-state index in [-0.39, 0.29) is 21.9 Å². The van der Waals surface area contributed by atoms with Crippen molar-refractivity contribution in [2.45, 2.75) is 24.9 Å². The molecule has 0 bridgehead atoms. The molecule has 1 heterocycles. The van der Waals surface area contributed by atoms with Gasteiger partial charge in [0.05, 0.1) is 9.73 Å². The maximum Gasteiger partial charge on any atom is 0.435 e. The molecule has 0 aliphatic rings. The van der Waals surface area contributed by atoms with Gasteiger partial charge >= 0.3 is 6.18 Å². The van der Waals surface area contributed by atoms with Crippen LogP contribution in [0.3, 0.4) is 0 Å². The summed E-state index contributed by atoms with van der Waals surface area (Å²) in [5.74, 6) is -4.49. The van der Waals surface area contributed by atoms with Crippen LogP contribution in [-0.4, -0.2) is 26.6 Å². The Morgan fingerprint density at radius 3 is 2.38 bits per heavy atom. The van der Waals surface area contributed by atoms with Gasteiger partial charge in [-0.3, -0.25) is 4.79 Å². The molecule has 3 aromatic rings. The maximum absolute atomic E-state index is 13.8. The van der Waals surface area contributed by atoms with E-state index < -0.39 is 56.1 Å². The number of alkyl halides is 3. The van der Waals surface area contributed by atoms with Gasteiger partial charge in [-0.25, -0.2) is 17.8 Å². The quantitative estimate of drug-likeness (QED) is 0.452. The zero-order chi connectivity index (χ0) is 25.4. The fourth-order valence-corrected chi connectivity index (χ4v) is 3.67. The van der Waals surface area contributed by atoms with Crippen molar-refractivity contribution in [1.82, 2.24) is 10.2 Å². The lowest BCUT2D eigenvalue weighted by atomic mass is 10.1. The Hall–Kier alpha value is -3.61.